The number of carbonyl (C=O) groups excluding carboxylic acids is 5. The number of hydrogen-bond donors (Lipinski definition) is 2. The third kappa shape index (κ3) is 13.2. The average Bonchev–Trinajstić information content (AvgIpc) is 3.87. The highest BCUT2D eigenvalue weighted by Crippen LogP contribution is 2.30. The monoisotopic (exact) mass is 719 g/mol. The van der Waals surface area contributed by atoms with Crippen LogP contribution in [-0.2, 0) is 51.0 Å². The first kappa shape index (κ1) is 40.8. The molecule has 0 saturated carbocycles. The Kier molecular flexibility index (Phi) is 15.5. The minimum Gasteiger partial charge on any atom is -0.451 e. The molecule has 0 radical (unpaired) electrons. The van der Waals surface area contributed by atoms with Crippen molar-refractivity contribution in [1.82, 2.24) is 15.5 Å². The van der Waals surface area contributed by atoms with E-state index in [1.165, 1.54) is 0 Å². The minimum atomic E-state index is -1.12. The molecule has 4 rings (SSSR count). The maximum Gasteiger partial charge on any atom is 0.320 e. The van der Waals surface area contributed by atoms with Gasteiger partial charge in [-0.25, -0.2) is 0 Å². The number of ether oxygens (including phenoxy) is 3. The van der Waals surface area contributed by atoms with E-state index in [1.807, 2.05) is 93.3 Å². The number of amides is 2. The van der Waals surface area contributed by atoms with Crippen molar-refractivity contribution in [1.29, 1.82) is 0 Å². The lowest BCUT2D eigenvalue weighted by molar-refractivity contribution is -0.158. The van der Waals surface area contributed by atoms with Crippen LogP contribution < -0.4 is 10.6 Å². The average molecular weight is 720 g/mol. The number of nitrogens with one attached hydrogen (secondary N) is 2. The van der Waals surface area contributed by atoms with Gasteiger partial charge < -0.3 is 24.8 Å². The number of nitrogens with zero attached hydrogens (tertiary/aromatic N) is 1. The Hall–Kier alpha value is -3.93. The SMILES string of the molecule is CC(C)C[C@H](NC(=O)[C@H](CCc1ccccc1)OC(=O)CN1CCOCC1)C(=O)C[C@@H](Cc1ccccc1)C(=O)N[C@@H](CC(C)C)C(=O)[C@@]1(C)CO1. The van der Waals surface area contributed by atoms with Gasteiger partial charge in [-0.1, -0.05) is 88.4 Å². The Morgan fingerprint density at radius 2 is 1.37 bits per heavy atom. The lowest BCUT2D eigenvalue weighted by Crippen LogP contribution is -2.51. The maximum absolute atomic E-state index is 14.2. The van der Waals surface area contributed by atoms with Gasteiger partial charge in [-0.15, -0.1) is 0 Å². The number of rotatable bonds is 21. The predicted octanol–water partition coefficient (Wildman–Crippen LogP) is 4.10. The molecular formula is C41H57N3O8. The molecule has 2 aromatic carbocycles. The molecule has 2 aliphatic heterocycles. The summed E-state index contributed by atoms with van der Waals surface area (Å²) >= 11 is 0. The van der Waals surface area contributed by atoms with E-state index in [0.717, 1.165) is 11.1 Å². The molecule has 2 heterocycles. The third-order valence-corrected chi connectivity index (χ3v) is 9.55. The van der Waals surface area contributed by atoms with E-state index in [-0.39, 0.29) is 49.2 Å². The van der Waals surface area contributed by atoms with Crippen molar-refractivity contribution in [2.75, 3.05) is 39.5 Å². The molecule has 0 unspecified atom stereocenters. The molecule has 2 aliphatic rings. The number of hydrogen-bond acceptors (Lipinski definition) is 9. The number of ketones is 2. The van der Waals surface area contributed by atoms with Gasteiger partial charge in [0, 0.05) is 25.4 Å². The van der Waals surface area contributed by atoms with E-state index in [9.17, 15) is 24.0 Å². The molecule has 11 nitrogen and oxygen atoms in total. The highest BCUT2D eigenvalue weighted by molar-refractivity contribution is 5.98. The summed E-state index contributed by atoms with van der Waals surface area (Å²) in [6.45, 7) is 12.2. The fourth-order valence-corrected chi connectivity index (χ4v) is 6.48. The van der Waals surface area contributed by atoms with Crippen LogP contribution in [0.4, 0.5) is 0 Å². The summed E-state index contributed by atoms with van der Waals surface area (Å²) in [4.78, 5) is 70.4. The molecule has 0 aliphatic carbocycles. The first-order valence-electron chi connectivity index (χ1n) is 18.7. The van der Waals surface area contributed by atoms with Gasteiger partial charge in [-0.2, -0.15) is 0 Å². The van der Waals surface area contributed by atoms with Crippen LogP contribution in [0.15, 0.2) is 60.7 Å². The third-order valence-electron chi connectivity index (χ3n) is 9.55. The number of morpholine rings is 1. The zero-order valence-corrected chi connectivity index (χ0v) is 31.4. The maximum atomic E-state index is 14.2. The molecule has 2 aromatic rings. The molecule has 2 N–H and O–H groups in total. The molecule has 2 saturated heterocycles. The van der Waals surface area contributed by atoms with Gasteiger partial charge in [-0.3, -0.25) is 28.9 Å². The van der Waals surface area contributed by atoms with Crippen LogP contribution in [-0.4, -0.2) is 97.5 Å². The van der Waals surface area contributed by atoms with Crippen molar-refractivity contribution in [2.24, 2.45) is 17.8 Å². The first-order chi connectivity index (χ1) is 24.8. The fourth-order valence-electron chi connectivity index (χ4n) is 6.48. The van der Waals surface area contributed by atoms with Crippen LogP contribution in [0.25, 0.3) is 0 Å². The molecule has 2 amide bonds. The Morgan fingerprint density at radius 3 is 1.94 bits per heavy atom. The van der Waals surface area contributed by atoms with E-state index >= 15 is 0 Å². The smallest absolute Gasteiger partial charge is 0.320 e. The highest BCUT2D eigenvalue weighted by atomic mass is 16.6. The second kappa shape index (κ2) is 19.8. The fraction of sp³-hybridized carbons (Fsp3) is 0.585. The summed E-state index contributed by atoms with van der Waals surface area (Å²) in [7, 11) is 0. The zero-order chi connectivity index (χ0) is 37.7. The molecular weight excluding hydrogens is 662 g/mol. The quantitative estimate of drug-likeness (QED) is 0.144. The lowest BCUT2D eigenvalue weighted by atomic mass is 9.87. The summed E-state index contributed by atoms with van der Waals surface area (Å²) in [5.74, 6) is -2.56. The van der Waals surface area contributed by atoms with Crippen molar-refractivity contribution in [3.8, 4) is 0 Å². The normalized spacial score (nSPS) is 19.7. The largest absolute Gasteiger partial charge is 0.451 e. The van der Waals surface area contributed by atoms with Gasteiger partial charge in [-0.05, 0) is 62.0 Å². The molecule has 0 bridgehead atoms. The number of Topliss-reactive ketones (excluding diaryl/α,β-unsaturated/α-hetero) is 2. The number of carbonyl (C=O) groups is 5. The topological polar surface area (TPSA) is 144 Å². The van der Waals surface area contributed by atoms with E-state index in [0.29, 0.717) is 52.2 Å². The van der Waals surface area contributed by atoms with Gasteiger partial charge in [0.05, 0.1) is 38.4 Å². The lowest BCUT2D eigenvalue weighted by Gasteiger charge is -2.28. The first-order valence-corrected chi connectivity index (χ1v) is 18.7. The standard InChI is InChI=1S/C41H57N3O8/c1-28(2)22-33(42-40(49)36(17-16-30-12-8-6-9-13-30)52-37(46)26-44-18-20-50-21-19-44)35(45)25-32(24-31-14-10-7-11-15-31)39(48)43-34(23-29(3)4)38(47)41(5)27-51-41/h6-15,28-29,32-34,36H,16-27H2,1-5H3,(H,42,49)(H,43,48)/t32-,33+,34+,36+,41-/m1/s1. The Morgan fingerprint density at radius 1 is 0.808 bits per heavy atom. The van der Waals surface area contributed by atoms with E-state index < -0.39 is 47.5 Å². The molecule has 0 spiro atoms. The summed E-state index contributed by atoms with van der Waals surface area (Å²) in [5.41, 5.74) is 0.954. The Balaban J connectivity index is 1.51. The molecule has 52 heavy (non-hydrogen) atoms. The minimum absolute atomic E-state index is 0.0364. The van der Waals surface area contributed by atoms with Crippen molar-refractivity contribution < 1.29 is 38.2 Å². The Bertz CT molecular complexity index is 1470. The number of aryl methyl sites for hydroxylation is 1. The highest BCUT2D eigenvalue weighted by Gasteiger charge is 2.50. The van der Waals surface area contributed by atoms with Crippen LogP contribution in [0.2, 0.25) is 0 Å². The van der Waals surface area contributed by atoms with Crippen molar-refractivity contribution in [2.45, 2.75) is 96.9 Å². The summed E-state index contributed by atoms with van der Waals surface area (Å²) in [6.07, 6.45) is 0.508. The van der Waals surface area contributed by atoms with Crippen LogP contribution in [0.5, 0.6) is 0 Å². The van der Waals surface area contributed by atoms with Crippen molar-refractivity contribution in [3.05, 3.63) is 71.8 Å². The van der Waals surface area contributed by atoms with Crippen LogP contribution in [0, 0.1) is 17.8 Å². The van der Waals surface area contributed by atoms with Crippen molar-refractivity contribution in [3.63, 3.8) is 0 Å². The van der Waals surface area contributed by atoms with Crippen molar-refractivity contribution >= 4 is 29.4 Å². The van der Waals surface area contributed by atoms with E-state index in [4.69, 9.17) is 14.2 Å². The van der Waals surface area contributed by atoms with Gasteiger partial charge >= 0.3 is 5.97 Å². The van der Waals surface area contributed by atoms with Crippen LogP contribution in [0.3, 0.4) is 0 Å². The predicted molar refractivity (Wildman–Crippen MR) is 197 cm³/mol. The number of esters is 1. The number of benzene rings is 2. The van der Waals surface area contributed by atoms with Gasteiger partial charge in [0.1, 0.15) is 5.60 Å². The second-order valence-electron chi connectivity index (χ2n) is 15.2. The van der Waals surface area contributed by atoms with E-state index in [2.05, 4.69) is 10.6 Å². The van der Waals surface area contributed by atoms with Gasteiger partial charge in [0.2, 0.25) is 5.91 Å². The summed E-state index contributed by atoms with van der Waals surface area (Å²) in [6, 6.07) is 17.4. The van der Waals surface area contributed by atoms with E-state index in [1.54, 1.807) is 6.92 Å². The summed E-state index contributed by atoms with van der Waals surface area (Å²) in [5, 5.41) is 5.88. The second-order valence-corrected chi connectivity index (χ2v) is 15.2. The van der Waals surface area contributed by atoms with Gasteiger partial charge in [0.15, 0.2) is 17.7 Å². The molecule has 0 aromatic heterocycles. The molecule has 284 valence electrons. The molecule has 5 atom stereocenters. The number of epoxide rings is 1. The summed E-state index contributed by atoms with van der Waals surface area (Å²) < 4.78 is 16.6. The molecule has 2 fully saturated rings. The van der Waals surface area contributed by atoms with Gasteiger partial charge in [0.25, 0.3) is 5.91 Å². The van der Waals surface area contributed by atoms with Crippen LogP contribution in [0.1, 0.15) is 71.4 Å². The zero-order valence-electron chi connectivity index (χ0n) is 31.4. The van der Waals surface area contributed by atoms with Crippen LogP contribution >= 0.6 is 0 Å². The molecule has 11 heteroatoms. The Labute approximate surface area is 308 Å².